The van der Waals surface area contributed by atoms with E-state index in [2.05, 4.69) is 5.32 Å². The quantitative estimate of drug-likeness (QED) is 0.906. The number of furan rings is 1. The summed E-state index contributed by atoms with van der Waals surface area (Å²) in [6.07, 6.45) is 1.86. The van der Waals surface area contributed by atoms with Crippen molar-refractivity contribution in [1.82, 2.24) is 5.32 Å². The van der Waals surface area contributed by atoms with E-state index < -0.39 is 17.8 Å². The molecule has 0 aliphatic heterocycles. The molecule has 0 aliphatic carbocycles. The zero-order valence-corrected chi connectivity index (χ0v) is 10.5. The SMILES string of the molecule is O=C(NC[C@@H](O)c1ccoc1)c1c(F)cccc1Cl. The number of hydrogen-bond acceptors (Lipinski definition) is 3. The van der Waals surface area contributed by atoms with E-state index in [1.54, 1.807) is 6.07 Å². The van der Waals surface area contributed by atoms with Gasteiger partial charge in [0.1, 0.15) is 5.82 Å². The van der Waals surface area contributed by atoms with Crippen LogP contribution in [0.4, 0.5) is 4.39 Å². The summed E-state index contributed by atoms with van der Waals surface area (Å²) in [5, 5.41) is 12.2. The summed E-state index contributed by atoms with van der Waals surface area (Å²) >= 11 is 5.76. The van der Waals surface area contributed by atoms with Crippen molar-refractivity contribution in [2.45, 2.75) is 6.10 Å². The van der Waals surface area contributed by atoms with Crippen molar-refractivity contribution in [1.29, 1.82) is 0 Å². The van der Waals surface area contributed by atoms with E-state index in [1.807, 2.05) is 0 Å². The van der Waals surface area contributed by atoms with Crippen molar-refractivity contribution in [3.63, 3.8) is 0 Å². The molecule has 1 atom stereocenters. The largest absolute Gasteiger partial charge is 0.472 e. The molecule has 19 heavy (non-hydrogen) atoms. The van der Waals surface area contributed by atoms with E-state index in [0.717, 1.165) is 6.07 Å². The first-order valence-electron chi connectivity index (χ1n) is 5.52. The zero-order valence-electron chi connectivity index (χ0n) is 9.77. The van der Waals surface area contributed by atoms with Gasteiger partial charge in [-0.15, -0.1) is 0 Å². The van der Waals surface area contributed by atoms with E-state index in [9.17, 15) is 14.3 Å². The Morgan fingerprint density at radius 3 is 2.89 bits per heavy atom. The van der Waals surface area contributed by atoms with E-state index in [4.69, 9.17) is 16.0 Å². The van der Waals surface area contributed by atoms with Gasteiger partial charge in [0, 0.05) is 12.1 Å². The highest BCUT2D eigenvalue weighted by atomic mass is 35.5. The standard InChI is InChI=1S/C13H11ClFNO3/c14-9-2-1-3-10(15)12(9)13(18)16-6-11(17)8-4-5-19-7-8/h1-5,7,11,17H,6H2,(H,16,18)/t11-/m1/s1. The molecule has 4 nitrogen and oxygen atoms in total. The van der Waals surface area contributed by atoms with Gasteiger partial charge < -0.3 is 14.8 Å². The van der Waals surface area contributed by atoms with Crippen LogP contribution in [0.2, 0.25) is 5.02 Å². The lowest BCUT2D eigenvalue weighted by molar-refractivity contribution is 0.0912. The first-order valence-corrected chi connectivity index (χ1v) is 5.89. The van der Waals surface area contributed by atoms with Crippen molar-refractivity contribution in [3.05, 3.63) is 58.8 Å². The fraction of sp³-hybridized carbons (Fsp3) is 0.154. The van der Waals surface area contributed by atoms with Gasteiger partial charge in [0.15, 0.2) is 0 Å². The Hall–Kier alpha value is -1.85. The zero-order chi connectivity index (χ0) is 13.8. The third-order valence-electron chi connectivity index (χ3n) is 2.57. The second kappa shape index (κ2) is 5.86. The number of aliphatic hydroxyl groups is 1. The third kappa shape index (κ3) is 3.13. The molecule has 1 amide bonds. The molecule has 0 spiro atoms. The average Bonchev–Trinajstić information content (AvgIpc) is 2.89. The molecular weight excluding hydrogens is 273 g/mol. The molecule has 0 radical (unpaired) electrons. The first-order chi connectivity index (χ1) is 9.09. The number of halogens is 2. The summed E-state index contributed by atoms with van der Waals surface area (Å²) < 4.78 is 18.3. The van der Waals surface area contributed by atoms with E-state index >= 15 is 0 Å². The van der Waals surface area contributed by atoms with Gasteiger partial charge in [0.2, 0.25) is 0 Å². The van der Waals surface area contributed by atoms with Crippen LogP contribution in [0.1, 0.15) is 22.0 Å². The Morgan fingerprint density at radius 1 is 1.47 bits per heavy atom. The number of carbonyl (C=O) groups is 1. The third-order valence-corrected chi connectivity index (χ3v) is 2.89. The summed E-state index contributed by atoms with van der Waals surface area (Å²) in [5.41, 5.74) is 0.295. The van der Waals surface area contributed by atoms with Gasteiger partial charge in [0.25, 0.3) is 5.91 Å². The Balaban J connectivity index is 2.02. The van der Waals surface area contributed by atoms with E-state index in [0.29, 0.717) is 5.56 Å². The molecule has 0 aliphatic rings. The first kappa shape index (κ1) is 13.6. The van der Waals surface area contributed by atoms with Gasteiger partial charge in [0.05, 0.1) is 29.2 Å². The molecule has 0 bridgehead atoms. The predicted octanol–water partition coefficient (Wildman–Crippen LogP) is 2.54. The molecule has 0 saturated carbocycles. The molecule has 0 unspecified atom stereocenters. The Bertz CT molecular complexity index is 551. The maximum atomic E-state index is 13.5. The molecule has 0 fully saturated rings. The molecular formula is C13H11ClFNO3. The van der Waals surface area contributed by atoms with Gasteiger partial charge >= 0.3 is 0 Å². The van der Waals surface area contributed by atoms with Crippen LogP contribution >= 0.6 is 11.6 Å². The topological polar surface area (TPSA) is 62.5 Å². The number of carbonyl (C=O) groups excluding carboxylic acids is 1. The minimum absolute atomic E-state index is 0.0234. The minimum Gasteiger partial charge on any atom is -0.472 e. The number of aliphatic hydroxyl groups excluding tert-OH is 1. The highest BCUT2D eigenvalue weighted by molar-refractivity contribution is 6.33. The normalized spacial score (nSPS) is 12.2. The number of hydrogen-bond donors (Lipinski definition) is 2. The van der Waals surface area contributed by atoms with Gasteiger partial charge in [-0.2, -0.15) is 0 Å². The molecule has 6 heteroatoms. The van der Waals surface area contributed by atoms with Crippen LogP contribution in [0.5, 0.6) is 0 Å². The minimum atomic E-state index is -0.923. The fourth-order valence-electron chi connectivity index (χ4n) is 1.57. The van der Waals surface area contributed by atoms with Crippen LogP contribution in [0.3, 0.4) is 0 Å². The van der Waals surface area contributed by atoms with E-state index in [1.165, 1.54) is 24.7 Å². The van der Waals surface area contributed by atoms with Crippen molar-refractivity contribution in [3.8, 4) is 0 Å². The van der Waals surface area contributed by atoms with Crippen molar-refractivity contribution < 1.29 is 18.7 Å². The molecule has 1 aromatic carbocycles. The van der Waals surface area contributed by atoms with Crippen LogP contribution in [-0.4, -0.2) is 17.6 Å². The molecule has 1 heterocycles. The van der Waals surface area contributed by atoms with Crippen molar-refractivity contribution in [2.24, 2.45) is 0 Å². The monoisotopic (exact) mass is 283 g/mol. The molecule has 1 aromatic heterocycles. The Kier molecular flexibility index (Phi) is 4.19. The lowest BCUT2D eigenvalue weighted by atomic mass is 10.1. The van der Waals surface area contributed by atoms with Crippen LogP contribution in [0, 0.1) is 5.82 Å². The molecule has 2 aromatic rings. The van der Waals surface area contributed by atoms with E-state index in [-0.39, 0.29) is 17.1 Å². The number of amides is 1. The molecule has 100 valence electrons. The van der Waals surface area contributed by atoms with Crippen LogP contribution in [-0.2, 0) is 0 Å². The Morgan fingerprint density at radius 2 is 2.26 bits per heavy atom. The van der Waals surface area contributed by atoms with Gasteiger partial charge in [-0.1, -0.05) is 17.7 Å². The number of benzene rings is 1. The summed E-state index contributed by atoms with van der Waals surface area (Å²) in [4.78, 5) is 11.8. The highest BCUT2D eigenvalue weighted by Crippen LogP contribution is 2.19. The molecule has 2 N–H and O–H groups in total. The maximum Gasteiger partial charge on any atom is 0.255 e. The smallest absolute Gasteiger partial charge is 0.255 e. The van der Waals surface area contributed by atoms with Gasteiger partial charge in [-0.3, -0.25) is 4.79 Å². The summed E-state index contributed by atoms with van der Waals surface area (Å²) in [5.74, 6) is -1.38. The Labute approximate surface area is 113 Å². The number of rotatable bonds is 4. The number of nitrogens with one attached hydrogen (secondary N) is 1. The van der Waals surface area contributed by atoms with Crippen LogP contribution < -0.4 is 5.32 Å². The average molecular weight is 284 g/mol. The van der Waals surface area contributed by atoms with Crippen molar-refractivity contribution >= 4 is 17.5 Å². The molecule has 0 saturated heterocycles. The molecule has 2 rings (SSSR count). The van der Waals surface area contributed by atoms with Crippen molar-refractivity contribution in [2.75, 3.05) is 6.54 Å². The summed E-state index contributed by atoms with van der Waals surface area (Å²) in [6, 6.07) is 5.56. The summed E-state index contributed by atoms with van der Waals surface area (Å²) in [7, 11) is 0. The van der Waals surface area contributed by atoms with Crippen LogP contribution in [0.25, 0.3) is 0 Å². The second-order valence-corrected chi connectivity index (χ2v) is 4.29. The van der Waals surface area contributed by atoms with Gasteiger partial charge in [-0.05, 0) is 18.2 Å². The van der Waals surface area contributed by atoms with Gasteiger partial charge in [-0.25, -0.2) is 4.39 Å². The predicted molar refractivity (Wildman–Crippen MR) is 67.4 cm³/mol. The summed E-state index contributed by atoms with van der Waals surface area (Å²) in [6.45, 7) is -0.0664. The lowest BCUT2D eigenvalue weighted by Crippen LogP contribution is -2.29. The lowest BCUT2D eigenvalue weighted by Gasteiger charge is -2.11. The highest BCUT2D eigenvalue weighted by Gasteiger charge is 2.17. The maximum absolute atomic E-state index is 13.5. The fourth-order valence-corrected chi connectivity index (χ4v) is 1.82. The second-order valence-electron chi connectivity index (χ2n) is 3.88. The van der Waals surface area contributed by atoms with Crippen LogP contribution in [0.15, 0.2) is 41.2 Å².